The fourth-order valence-electron chi connectivity index (χ4n) is 1.42. The molecule has 0 aliphatic heterocycles. The van der Waals surface area contributed by atoms with Crippen molar-refractivity contribution in [3.63, 3.8) is 0 Å². The quantitative estimate of drug-likeness (QED) is 0.552. The maximum Gasteiger partial charge on any atom is 0.227 e. The predicted molar refractivity (Wildman–Crippen MR) is 60.0 cm³/mol. The third-order valence-electron chi connectivity index (χ3n) is 2.29. The van der Waals surface area contributed by atoms with Crippen LogP contribution < -0.4 is 5.32 Å². The molecule has 16 heavy (non-hydrogen) atoms. The van der Waals surface area contributed by atoms with Crippen molar-refractivity contribution in [2.24, 2.45) is 0 Å². The second kappa shape index (κ2) is 6.05. The zero-order chi connectivity index (χ0) is 12.0. The maximum absolute atomic E-state index is 11.1. The highest BCUT2D eigenvalue weighted by Gasteiger charge is 2.04. The number of aromatic amines is 1. The van der Waals surface area contributed by atoms with E-state index in [9.17, 15) is 9.59 Å². The Bertz CT molecular complexity index is 371. The van der Waals surface area contributed by atoms with E-state index < -0.39 is 0 Å². The smallest absolute Gasteiger partial charge is 0.227 e. The van der Waals surface area contributed by atoms with Gasteiger partial charge >= 0.3 is 0 Å². The summed E-state index contributed by atoms with van der Waals surface area (Å²) in [5.41, 5.74) is 2.23. The normalized spacial score (nSPS) is 10.1. The minimum absolute atomic E-state index is 0.0231. The fourth-order valence-corrected chi connectivity index (χ4v) is 1.42. The van der Waals surface area contributed by atoms with Crippen LogP contribution in [0.1, 0.15) is 31.0 Å². The standard InChI is InChI=1S/C11H17N3O2/c1-8(15)6-11(16)12-5-3-4-10-7-13-14-9(10)2/h7H,3-6H2,1-2H3,(H,12,16)(H,13,14). The minimum atomic E-state index is -0.198. The van der Waals surface area contributed by atoms with Crippen molar-refractivity contribution < 1.29 is 9.59 Å². The summed E-state index contributed by atoms with van der Waals surface area (Å²) >= 11 is 0. The third kappa shape index (κ3) is 4.25. The van der Waals surface area contributed by atoms with E-state index in [0.29, 0.717) is 6.54 Å². The Morgan fingerprint density at radius 2 is 2.25 bits per heavy atom. The summed E-state index contributed by atoms with van der Waals surface area (Å²) in [6, 6.07) is 0. The van der Waals surface area contributed by atoms with Gasteiger partial charge in [-0.25, -0.2) is 0 Å². The number of H-pyrrole nitrogens is 1. The van der Waals surface area contributed by atoms with Crippen LogP contribution in [0.4, 0.5) is 0 Å². The van der Waals surface area contributed by atoms with Crippen LogP contribution in [0.2, 0.25) is 0 Å². The van der Waals surface area contributed by atoms with Gasteiger partial charge in [-0.1, -0.05) is 0 Å². The van der Waals surface area contributed by atoms with E-state index in [2.05, 4.69) is 15.5 Å². The van der Waals surface area contributed by atoms with Crippen LogP contribution >= 0.6 is 0 Å². The molecule has 2 N–H and O–H groups in total. The first-order valence-corrected chi connectivity index (χ1v) is 5.34. The van der Waals surface area contributed by atoms with Crippen LogP contribution in [0, 0.1) is 6.92 Å². The van der Waals surface area contributed by atoms with E-state index in [-0.39, 0.29) is 18.1 Å². The number of amides is 1. The van der Waals surface area contributed by atoms with Crippen molar-refractivity contribution >= 4 is 11.7 Å². The van der Waals surface area contributed by atoms with Gasteiger partial charge in [0.05, 0.1) is 12.6 Å². The summed E-state index contributed by atoms with van der Waals surface area (Å²) in [5.74, 6) is -0.306. The Morgan fingerprint density at radius 1 is 1.50 bits per heavy atom. The average molecular weight is 223 g/mol. The van der Waals surface area contributed by atoms with E-state index in [1.54, 1.807) is 6.20 Å². The van der Waals surface area contributed by atoms with E-state index in [1.807, 2.05) is 6.92 Å². The van der Waals surface area contributed by atoms with Gasteiger partial charge in [-0.3, -0.25) is 14.7 Å². The van der Waals surface area contributed by atoms with E-state index in [0.717, 1.165) is 18.5 Å². The number of aromatic nitrogens is 2. The second-order valence-electron chi connectivity index (χ2n) is 3.85. The summed E-state index contributed by atoms with van der Waals surface area (Å²) in [6.07, 6.45) is 3.50. The molecular formula is C11H17N3O2. The Morgan fingerprint density at radius 3 is 2.81 bits per heavy atom. The monoisotopic (exact) mass is 223 g/mol. The highest BCUT2D eigenvalue weighted by molar-refractivity contribution is 5.96. The molecule has 0 bridgehead atoms. The molecule has 0 spiro atoms. The SMILES string of the molecule is CC(=O)CC(=O)NCCCc1cn[nH]c1C. The summed E-state index contributed by atoms with van der Waals surface area (Å²) in [6.45, 7) is 3.97. The van der Waals surface area contributed by atoms with E-state index in [4.69, 9.17) is 0 Å². The molecule has 0 saturated carbocycles. The summed E-state index contributed by atoms with van der Waals surface area (Å²) in [5, 5.41) is 9.49. The van der Waals surface area contributed by atoms with Crippen molar-refractivity contribution in [3.05, 3.63) is 17.5 Å². The van der Waals surface area contributed by atoms with Gasteiger partial charge in [-0.05, 0) is 32.3 Å². The Hall–Kier alpha value is -1.65. The number of hydrogen-bond acceptors (Lipinski definition) is 3. The topological polar surface area (TPSA) is 74.8 Å². The first-order chi connectivity index (χ1) is 7.59. The van der Waals surface area contributed by atoms with Crippen LogP contribution in [-0.4, -0.2) is 28.4 Å². The molecule has 0 unspecified atom stereocenters. The highest BCUT2D eigenvalue weighted by Crippen LogP contribution is 2.04. The summed E-state index contributed by atoms with van der Waals surface area (Å²) < 4.78 is 0. The fraction of sp³-hybridized carbons (Fsp3) is 0.545. The lowest BCUT2D eigenvalue weighted by Crippen LogP contribution is -2.26. The predicted octanol–water partition coefficient (Wildman–Crippen LogP) is 0.746. The van der Waals surface area contributed by atoms with Crippen LogP contribution in [0.15, 0.2) is 6.20 Å². The molecule has 0 saturated heterocycles. The lowest BCUT2D eigenvalue weighted by Gasteiger charge is -2.03. The minimum Gasteiger partial charge on any atom is -0.356 e. The number of aryl methyl sites for hydroxylation is 2. The van der Waals surface area contributed by atoms with Crippen LogP contribution in [0.3, 0.4) is 0 Å². The highest BCUT2D eigenvalue weighted by atomic mass is 16.2. The molecule has 0 atom stereocenters. The largest absolute Gasteiger partial charge is 0.356 e. The van der Waals surface area contributed by atoms with Crippen molar-refractivity contribution in [1.29, 1.82) is 0 Å². The Labute approximate surface area is 94.6 Å². The first-order valence-electron chi connectivity index (χ1n) is 5.34. The molecular weight excluding hydrogens is 206 g/mol. The molecule has 1 aromatic rings. The number of rotatable bonds is 6. The Balaban J connectivity index is 2.15. The number of carbonyl (C=O) groups excluding carboxylic acids is 2. The van der Waals surface area contributed by atoms with Gasteiger partial charge in [-0.2, -0.15) is 5.10 Å². The van der Waals surface area contributed by atoms with Gasteiger partial charge in [0.2, 0.25) is 5.91 Å². The van der Waals surface area contributed by atoms with Gasteiger partial charge in [0.25, 0.3) is 0 Å². The van der Waals surface area contributed by atoms with Gasteiger partial charge in [0.1, 0.15) is 5.78 Å². The molecule has 1 heterocycles. The Kier molecular flexibility index (Phi) is 4.69. The van der Waals surface area contributed by atoms with Gasteiger partial charge in [0.15, 0.2) is 0 Å². The number of hydrogen-bond donors (Lipinski definition) is 2. The van der Waals surface area contributed by atoms with Gasteiger partial charge < -0.3 is 5.32 Å². The molecule has 0 fully saturated rings. The third-order valence-corrected chi connectivity index (χ3v) is 2.29. The average Bonchev–Trinajstić information content (AvgIpc) is 2.58. The lowest BCUT2D eigenvalue weighted by atomic mass is 10.1. The summed E-state index contributed by atoms with van der Waals surface area (Å²) in [4.78, 5) is 21.8. The maximum atomic E-state index is 11.1. The molecule has 0 radical (unpaired) electrons. The van der Waals surface area contributed by atoms with Crippen molar-refractivity contribution in [2.45, 2.75) is 33.1 Å². The van der Waals surface area contributed by atoms with Gasteiger partial charge in [-0.15, -0.1) is 0 Å². The second-order valence-corrected chi connectivity index (χ2v) is 3.85. The zero-order valence-electron chi connectivity index (χ0n) is 9.67. The van der Waals surface area contributed by atoms with Gasteiger partial charge in [0, 0.05) is 12.2 Å². The molecule has 0 aliphatic rings. The molecule has 1 rings (SSSR count). The van der Waals surface area contributed by atoms with Crippen molar-refractivity contribution in [2.75, 3.05) is 6.54 Å². The van der Waals surface area contributed by atoms with Crippen LogP contribution in [0.5, 0.6) is 0 Å². The molecule has 0 aliphatic carbocycles. The number of nitrogens with one attached hydrogen (secondary N) is 2. The zero-order valence-corrected chi connectivity index (χ0v) is 9.67. The van der Waals surface area contributed by atoms with Crippen molar-refractivity contribution in [3.8, 4) is 0 Å². The van der Waals surface area contributed by atoms with Crippen LogP contribution in [0.25, 0.3) is 0 Å². The molecule has 88 valence electrons. The summed E-state index contributed by atoms with van der Waals surface area (Å²) in [7, 11) is 0. The number of Topliss-reactive ketones (excluding diaryl/α,β-unsaturated/α-hetero) is 1. The van der Waals surface area contributed by atoms with E-state index >= 15 is 0 Å². The lowest BCUT2D eigenvalue weighted by molar-refractivity contribution is -0.127. The van der Waals surface area contributed by atoms with E-state index in [1.165, 1.54) is 12.5 Å². The molecule has 0 aromatic carbocycles. The van der Waals surface area contributed by atoms with Crippen molar-refractivity contribution in [1.82, 2.24) is 15.5 Å². The number of carbonyl (C=O) groups is 2. The molecule has 1 aromatic heterocycles. The number of nitrogens with zero attached hydrogens (tertiary/aromatic N) is 1. The number of ketones is 1. The molecule has 5 heteroatoms. The molecule has 5 nitrogen and oxygen atoms in total. The first kappa shape index (κ1) is 12.4. The molecule has 1 amide bonds. The van der Waals surface area contributed by atoms with Crippen LogP contribution in [-0.2, 0) is 16.0 Å².